The van der Waals surface area contributed by atoms with Crippen LogP contribution in [0.25, 0.3) is 0 Å². The van der Waals surface area contributed by atoms with Crippen molar-refractivity contribution in [1.29, 1.82) is 0 Å². The minimum absolute atomic E-state index is 0.0872. The molecule has 2 aromatic carbocycles. The molecule has 0 aliphatic heterocycles. The summed E-state index contributed by atoms with van der Waals surface area (Å²) in [7, 11) is 0. The van der Waals surface area contributed by atoms with E-state index in [0.717, 1.165) is 12.1 Å². The molecule has 0 aliphatic carbocycles. The molecule has 0 saturated carbocycles. The molecule has 18 heavy (non-hydrogen) atoms. The van der Waals surface area contributed by atoms with Gasteiger partial charge < -0.3 is 10.2 Å². The highest BCUT2D eigenvalue weighted by atomic mass is 79.9. The Labute approximate surface area is 111 Å². The van der Waals surface area contributed by atoms with Crippen molar-refractivity contribution in [1.82, 2.24) is 0 Å². The summed E-state index contributed by atoms with van der Waals surface area (Å²) in [6.07, 6.45) is 0. The van der Waals surface area contributed by atoms with Crippen molar-refractivity contribution in [2.75, 3.05) is 0 Å². The van der Waals surface area contributed by atoms with E-state index in [4.69, 9.17) is 0 Å². The summed E-state index contributed by atoms with van der Waals surface area (Å²) in [6, 6.07) is 7.71. The molecule has 0 unspecified atom stereocenters. The Hall–Kier alpha value is -1.88. The molecule has 0 heterocycles. The Bertz CT molecular complexity index is 626. The number of phenolic OH excluding ortho intramolecular Hbond substituents is 2. The molecule has 0 fully saturated rings. The highest BCUT2D eigenvalue weighted by Gasteiger charge is 2.15. The first kappa shape index (κ1) is 12.6. The average Bonchev–Trinajstić information content (AvgIpc) is 2.32. The van der Waals surface area contributed by atoms with Gasteiger partial charge in [0.25, 0.3) is 0 Å². The fourth-order valence-electron chi connectivity index (χ4n) is 1.51. The van der Waals surface area contributed by atoms with Gasteiger partial charge >= 0.3 is 0 Å². The first-order chi connectivity index (χ1) is 8.49. The molecule has 5 heteroatoms. The molecule has 0 bridgehead atoms. The lowest BCUT2D eigenvalue weighted by Crippen LogP contribution is -2.01. The van der Waals surface area contributed by atoms with Gasteiger partial charge in [-0.15, -0.1) is 0 Å². The van der Waals surface area contributed by atoms with E-state index >= 15 is 0 Å². The summed E-state index contributed by atoms with van der Waals surface area (Å²) in [5.74, 6) is -2.07. The highest BCUT2D eigenvalue weighted by molar-refractivity contribution is 9.10. The van der Waals surface area contributed by atoms with Crippen molar-refractivity contribution in [3.05, 3.63) is 57.8 Å². The lowest BCUT2D eigenvalue weighted by atomic mass is 10.0. The number of benzene rings is 2. The number of halogens is 2. The topological polar surface area (TPSA) is 57.5 Å². The fourth-order valence-corrected chi connectivity index (χ4v) is 1.86. The van der Waals surface area contributed by atoms with Crippen LogP contribution in [0.2, 0.25) is 0 Å². The van der Waals surface area contributed by atoms with Crippen LogP contribution in [0, 0.1) is 5.82 Å². The minimum atomic E-state index is -0.799. The Kier molecular flexibility index (Phi) is 3.34. The molecule has 0 aliphatic rings. The molecule has 0 amide bonds. The van der Waals surface area contributed by atoms with Gasteiger partial charge in [-0.2, -0.15) is 0 Å². The van der Waals surface area contributed by atoms with Crippen molar-refractivity contribution < 1.29 is 19.4 Å². The third-order valence-electron chi connectivity index (χ3n) is 2.41. The maximum absolute atomic E-state index is 12.9. The molecule has 0 saturated heterocycles. The standard InChI is InChI=1S/C13H8BrFO3/c14-8-2-3-9(11(16)6-8)13(18)7-1-4-10(15)12(17)5-7/h1-6,16-17H. The predicted octanol–water partition coefficient (Wildman–Crippen LogP) is 3.23. The van der Waals surface area contributed by atoms with Gasteiger partial charge in [0.1, 0.15) is 5.75 Å². The zero-order chi connectivity index (χ0) is 13.3. The van der Waals surface area contributed by atoms with E-state index in [2.05, 4.69) is 15.9 Å². The van der Waals surface area contributed by atoms with Gasteiger partial charge in [0.05, 0.1) is 5.56 Å². The number of rotatable bonds is 2. The van der Waals surface area contributed by atoms with Crippen LogP contribution < -0.4 is 0 Å². The van der Waals surface area contributed by atoms with Crippen molar-refractivity contribution >= 4 is 21.7 Å². The van der Waals surface area contributed by atoms with Crippen LogP contribution in [0.5, 0.6) is 11.5 Å². The number of carbonyl (C=O) groups excluding carboxylic acids is 1. The van der Waals surface area contributed by atoms with Crippen molar-refractivity contribution in [3.8, 4) is 11.5 Å². The summed E-state index contributed by atoms with van der Waals surface area (Å²) in [6.45, 7) is 0. The van der Waals surface area contributed by atoms with E-state index in [1.807, 2.05) is 0 Å². The number of ketones is 1. The molecule has 2 aromatic rings. The van der Waals surface area contributed by atoms with Crippen LogP contribution in [0.4, 0.5) is 4.39 Å². The smallest absolute Gasteiger partial charge is 0.196 e. The molecule has 92 valence electrons. The zero-order valence-electron chi connectivity index (χ0n) is 9.02. The second-order valence-corrected chi connectivity index (χ2v) is 4.57. The van der Waals surface area contributed by atoms with Gasteiger partial charge in [-0.25, -0.2) is 4.39 Å². The van der Waals surface area contributed by atoms with Crippen LogP contribution in [0.3, 0.4) is 0 Å². The van der Waals surface area contributed by atoms with Gasteiger partial charge in [0.2, 0.25) is 0 Å². The average molecular weight is 311 g/mol. The van der Waals surface area contributed by atoms with E-state index in [-0.39, 0.29) is 16.9 Å². The Morgan fingerprint density at radius 1 is 1.06 bits per heavy atom. The monoisotopic (exact) mass is 310 g/mol. The summed E-state index contributed by atoms with van der Waals surface area (Å²) >= 11 is 3.16. The molecule has 0 atom stereocenters. The highest BCUT2D eigenvalue weighted by Crippen LogP contribution is 2.26. The normalized spacial score (nSPS) is 10.3. The van der Waals surface area contributed by atoms with E-state index in [1.54, 1.807) is 6.07 Å². The van der Waals surface area contributed by atoms with Crippen LogP contribution in [-0.4, -0.2) is 16.0 Å². The van der Waals surface area contributed by atoms with E-state index in [9.17, 15) is 19.4 Å². The number of hydrogen-bond acceptors (Lipinski definition) is 3. The molecular weight excluding hydrogens is 303 g/mol. The Morgan fingerprint density at radius 2 is 1.78 bits per heavy atom. The number of aromatic hydroxyl groups is 2. The quantitative estimate of drug-likeness (QED) is 0.837. The van der Waals surface area contributed by atoms with Gasteiger partial charge in [-0.1, -0.05) is 15.9 Å². The molecule has 2 rings (SSSR count). The van der Waals surface area contributed by atoms with E-state index < -0.39 is 17.3 Å². The number of phenols is 2. The lowest BCUT2D eigenvalue weighted by molar-refractivity contribution is 0.103. The van der Waals surface area contributed by atoms with Gasteiger partial charge in [-0.05, 0) is 36.4 Å². The summed E-state index contributed by atoms with van der Waals surface area (Å²) < 4.78 is 13.5. The van der Waals surface area contributed by atoms with Crippen molar-refractivity contribution in [3.63, 3.8) is 0 Å². The van der Waals surface area contributed by atoms with Gasteiger partial charge in [-0.3, -0.25) is 4.79 Å². The van der Waals surface area contributed by atoms with Crippen molar-refractivity contribution in [2.45, 2.75) is 0 Å². The number of carbonyl (C=O) groups is 1. The molecule has 0 radical (unpaired) electrons. The van der Waals surface area contributed by atoms with Crippen LogP contribution in [0.15, 0.2) is 40.9 Å². The number of hydrogen-bond donors (Lipinski definition) is 2. The largest absolute Gasteiger partial charge is 0.507 e. The van der Waals surface area contributed by atoms with Gasteiger partial charge in [0, 0.05) is 10.0 Å². The van der Waals surface area contributed by atoms with Crippen molar-refractivity contribution in [2.24, 2.45) is 0 Å². The molecule has 2 N–H and O–H groups in total. The molecular formula is C13H8BrFO3. The first-order valence-corrected chi connectivity index (χ1v) is 5.80. The van der Waals surface area contributed by atoms with Crippen LogP contribution in [0.1, 0.15) is 15.9 Å². The van der Waals surface area contributed by atoms with E-state index in [0.29, 0.717) is 4.47 Å². The molecule has 0 aromatic heterocycles. The predicted molar refractivity (Wildman–Crippen MR) is 67.3 cm³/mol. The summed E-state index contributed by atoms with van der Waals surface area (Å²) in [5, 5.41) is 18.9. The minimum Gasteiger partial charge on any atom is -0.507 e. The zero-order valence-corrected chi connectivity index (χ0v) is 10.6. The summed E-state index contributed by atoms with van der Waals surface area (Å²) in [4.78, 5) is 12.0. The third kappa shape index (κ3) is 2.36. The van der Waals surface area contributed by atoms with E-state index in [1.165, 1.54) is 18.2 Å². The van der Waals surface area contributed by atoms with Crippen LogP contribution in [-0.2, 0) is 0 Å². The van der Waals surface area contributed by atoms with Crippen LogP contribution >= 0.6 is 15.9 Å². The lowest BCUT2D eigenvalue weighted by Gasteiger charge is -2.05. The maximum atomic E-state index is 12.9. The second-order valence-electron chi connectivity index (χ2n) is 3.66. The SMILES string of the molecule is O=C(c1ccc(F)c(O)c1)c1ccc(Br)cc1O. The fraction of sp³-hybridized carbons (Fsp3) is 0. The second kappa shape index (κ2) is 4.78. The van der Waals surface area contributed by atoms with Gasteiger partial charge in [0.15, 0.2) is 17.3 Å². The Morgan fingerprint density at radius 3 is 2.39 bits per heavy atom. The third-order valence-corrected chi connectivity index (χ3v) is 2.91. The first-order valence-electron chi connectivity index (χ1n) is 5.01. The Balaban J connectivity index is 2.44. The maximum Gasteiger partial charge on any atom is 0.196 e. The molecule has 3 nitrogen and oxygen atoms in total. The molecule has 0 spiro atoms. The summed E-state index contributed by atoms with van der Waals surface area (Å²) in [5.41, 5.74) is 0.190.